The summed E-state index contributed by atoms with van der Waals surface area (Å²) in [7, 11) is 6.68. The van der Waals surface area contributed by atoms with Gasteiger partial charge in [0.15, 0.2) is 0 Å². The van der Waals surface area contributed by atoms with Crippen molar-refractivity contribution in [3.8, 4) is 0 Å². The number of likely N-dealkylation sites (tertiary alicyclic amines) is 1. The molecule has 12 amide bonds. The highest BCUT2D eigenvalue weighted by molar-refractivity contribution is 6.37. The third kappa shape index (κ3) is 21.4. The van der Waals surface area contributed by atoms with Crippen LogP contribution < -0.4 is 42.5 Å². The number of aromatic nitrogens is 4. The fourth-order valence-electron chi connectivity index (χ4n) is 15.9. The van der Waals surface area contributed by atoms with Crippen molar-refractivity contribution < 1.29 is 79.8 Å². The number of anilines is 4. The Balaban J connectivity index is 0.000000163. The number of benzene rings is 4. The molecule has 12 N–H and O–H groups in total. The lowest BCUT2D eigenvalue weighted by Crippen LogP contribution is -2.45. The Labute approximate surface area is 726 Å². The number of morpholine rings is 1. The van der Waals surface area contributed by atoms with Gasteiger partial charge in [-0.1, -0.05) is 13.8 Å². The van der Waals surface area contributed by atoms with Crippen LogP contribution in [0.4, 0.5) is 40.3 Å². The number of nitrogens with zero attached hydrogens (tertiary/aromatic N) is 4. The lowest BCUT2D eigenvalue weighted by Gasteiger charge is -2.29. The molecule has 14 rings (SSSR count). The maximum Gasteiger partial charge on any atom is 0.256 e. The Morgan fingerprint density at radius 1 is 0.413 bits per heavy atom. The van der Waals surface area contributed by atoms with E-state index in [1.165, 1.54) is 82.6 Å². The molecule has 0 radical (unpaired) electrons. The summed E-state index contributed by atoms with van der Waals surface area (Å²) in [6.45, 7) is 25.5. The van der Waals surface area contributed by atoms with Gasteiger partial charge in [0, 0.05) is 183 Å². The van der Waals surface area contributed by atoms with E-state index in [0.29, 0.717) is 184 Å². The van der Waals surface area contributed by atoms with Crippen molar-refractivity contribution in [2.24, 2.45) is 11.8 Å². The minimum atomic E-state index is -0.434. The number of hydrogen-bond acceptors (Lipinski definition) is 13. The van der Waals surface area contributed by atoms with Crippen LogP contribution in [0.1, 0.15) is 191 Å². The summed E-state index contributed by atoms with van der Waals surface area (Å²) in [5.74, 6) is -5.00. The number of hydrogen-bond donors (Lipinski definition) is 12. The van der Waals surface area contributed by atoms with E-state index < -0.39 is 23.3 Å². The van der Waals surface area contributed by atoms with E-state index in [4.69, 9.17) is 4.74 Å². The van der Waals surface area contributed by atoms with Crippen LogP contribution in [-0.2, 0) is 43.1 Å². The number of fused-ring (bicyclic) bond motifs is 4. The standard InChI is InChI=1S/C25H29FN4O3.C24H27FN4O4.2C22H25FN4O3/c1-14(11-22(31)30-9-5-4-6-10-30)27-25(33)23-15(2)21(28-16(23)3)13-19-18-12-17(26)7-8-20(18)29-24(19)32;1-13(24(32)29-6-8-33-9-7-29)12-26-23(31)21-14(2)20(27-15(21)3)11-18-17-10-16(25)4-5-19(17)28-22(18)30;1-11(22(30)27(4)5)10-24-21(29)19-12(2)18(25-13(19)3)9-16-15-8-14(23)6-7-17(15)26-20(16)28;1-11(8-19(28)27(4)5)24-22(30)20-12(2)18(25-13(20)3)10-16-15-9-14(23)6-7-17(15)26-21(16)29/h7-8,12-14,28H,4-6,9-11H2,1-3H3,(H,27,33)(H,29,32);4-5,10-11,13,27H,6-9,12H2,1-3H3,(H,26,31)(H,28,30);6-9,11,25H,10H2,1-5H3,(H,24,29)(H,26,28);6-7,9-11,25H,8H2,1-5H3,(H,24,30)(H,26,29)/b19-13-;18-11-;16-9-;16-10-. The summed E-state index contributed by atoms with van der Waals surface area (Å²) in [5.41, 5.74) is 15.0. The predicted molar refractivity (Wildman–Crippen MR) is 474 cm³/mol. The van der Waals surface area contributed by atoms with Gasteiger partial charge in [0.1, 0.15) is 23.3 Å². The molecule has 4 aromatic carbocycles. The third-order valence-electron chi connectivity index (χ3n) is 22.7. The Hall–Kier alpha value is -13.7. The second-order valence-electron chi connectivity index (χ2n) is 32.7. The number of carbonyl (C=O) groups is 12. The van der Waals surface area contributed by atoms with Gasteiger partial charge >= 0.3 is 0 Å². The van der Waals surface area contributed by atoms with E-state index in [2.05, 4.69) is 62.5 Å². The molecule has 2 fully saturated rings. The van der Waals surface area contributed by atoms with E-state index in [-0.39, 0.29) is 121 Å². The largest absolute Gasteiger partial charge is 0.378 e. The first kappa shape index (κ1) is 93.0. The second-order valence-corrected chi connectivity index (χ2v) is 32.7. The molecule has 0 saturated carbocycles. The molecule has 29 nitrogen and oxygen atoms in total. The van der Waals surface area contributed by atoms with Crippen LogP contribution in [0.25, 0.3) is 46.6 Å². The zero-order valence-corrected chi connectivity index (χ0v) is 73.3. The second kappa shape index (κ2) is 39.9. The van der Waals surface area contributed by atoms with Gasteiger partial charge in [0.2, 0.25) is 23.6 Å². The maximum absolute atomic E-state index is 13.7. The number of rotatable bonds is 20. The van der Waals surface area contributed by atoms with Crippen molar-refractivity contribution in [3.63, 3.8) is 0 Å². The molecule has 4 unspecified atom stereocenters. The van der Waals surface area contributed by atoms with Crippen molar-refractivity contribution in [1.29, 1.82) is 0 Å². The van der Waals surface area contributed by atoms with Gasteiger partial charge in [-0.3, -0.25) is 57.5 Å². The van der Waals surface area contributed by atoms with Crippen LogP contribution in [0.3, 0.4) is 0 Å². The molecule has 0 bridgehead atoms. The topological polar surface area (TPSA) is 386 Å². The van der Waals surface area contributed by atoms with E-state index in [9.17, 15) is 75.1 Å². The highest BCUT2D eigenvalue weighted by Crippen LogP contribution is 2.40. The van der Waals surface area contributed by atoms with E-state index in [1.807, 2.05) is 11.8 Å². The quantitative estimate of drug-likeness (QED) is 0.0250. The summed E-state index contributed by atoms with van der Waals surface area (Å²) < 4.78 is 60.0. The molecule has 664 valence electrons. The first-order valence-corrected chi connectivity index (χ1v) is 41.5. The molecular formula is C93H106F4N16O13. The summed E-state index contributed by atoms with van der Waals surface area (Å²) >= 11 is 0. The molecule has 2 saturated heterocycles. The number of piperidine rings is 1. The molecule has 10 heterocycles. The lowest BCUT2D eigenvalue weighted by molar-refractivity contribution is -0.139. The van der Waals surface area contributed by atoms with Gasteiger partial charge in [-0.15, -0.1) is 0 Å². The normalized spacial score (nSPS) is 16.4. The van der Waals surface area contributed by atoms with Crippen LogP contribution in [0.2, 0.25) is 0 Å². The van der Waals surface area contributed by atoms with Gasteiger partial charge in [0.25, 0.3) is 47.3 Å². The van der Waals surface area contributed by atoms with Crippen molar-refractivity contribution >= 4 is 140 Å². The summed E-state index contributed by atoms with van der Waals surface area (Å²) in [5, 5.41) is 22.3. The lowest BCUT2D eigenvalue weighted by atomic mass is 10.0. The Kier molecular flexibility index (Phi) is 29.4. The van der Waals surface area contributed by atoms with Crippen LogP contribution in [0.15, 0.2) is 72.8 Å². The van der Waals surface area contributed by atoms with Gasteiger partial charge in [-0.2, -0.15) is 0 Å². The monoisotopic (exact) mass is 1730 g/mol. The van der Waals surface area contributed by atoms with E-state index >= 15 is 0 Å². The van der Waals surface area contributed by atoms with Crippen molar-refractivity contribution in [1.82, 2.24) is 60.8 Å². The van der Waals surface area contributed by atoms with Crippen LogP contribution in [0.5, 0.6) is 0 Å². The van der Waals surface area contributed by atoms with Gasteiger partial charge in [0.05, 0.1) is 69.6 Å². The van der Waals surface area contributed by atoms with Gasteiger partial charge in [-0.25, -0.2) is 17.6 Å². The Bertz CT molecular complexity index is 5830. The number of H-pyrrole nitrogens is 4. The number of halogens is 4. The highest BCUT2D eigenvalue weighted by atomic mass is 19.1. The molecule has 6 aliphatic heterocycles. The molecule has 8 aromatic rings. The molecule has 0 spiro atoms. The maximum atomic E-state index is 13.7. The number of aromatic amines is 4. The van der Waals surface area contributed by atoms with E-state index in [1.54, 1.807) is 134 Å². The number of ether oxygens (including phenoxy) is 1. The van der Waals surface area contributed by atoms with Crippen LogP contribution in [-0.4, -0.2) is 203 Å². The zero-order valence-electron chi connectivity index (χ0n) is 73.3. The van der Waals surface area contributed by atoms with Crippen LogP contribution >= 0.6 is 0 Å². The number of aryl methyl sites for hydroxylation is 4. The Morgan fingerprint density at radius 2 is 0.722 bits per heavy atom. The number of nitrogens with one attached hydrogen (secondary N) is 12. The molecule has 4 aromatic heterocycles. The van der Waals surface area contributed by atoms with Crippen molar-refractivity contribution in [2.45, 2.75) is 127 Å². The fourth-order valence-corrected chi connectivity index (χ4v) is 15.9. The van der Waals surface area contributed by atoms with E-state index in [0.717, 1.165) is 32.4 Å². The highest BCUT2D eigenvalue weighted by Gasteiger charge is 2.34. The molecule has 0 aliphatic carbocycles. The molecule has 126 heavy (non-hydrogen) atoms. The number of carbonyl (C=O) groups excluding carboxylic acids is 12. The number of amides is 12. The minimum absolute atomic E-state index is 0.00956. The smallest absolute Gasteiger partial charge is 0.256 e. The predicted octanol–water partition coefficient (Wildman–Crippen LogP) is 11.8. The minimum Gasteiger partial charge on any atom is -0.378 e. The molecule has 6 aliphatic rings. The molecular weight excluding hydrogens is 1630 g/mol. The summed E-state index contributed by atoms with van der Waals surface area (Å²) in [4.78, 5) is 169. The third-order valence-corrected chi connectivity index (χ3v) is 22.7. The van der Waals surface area contributed by atoms with Crippen molar-refractivity contribution in [2.75, 3.05) is 102 Å². The average molecular weight is 1730 g/mol. The molecule has 4 atom stereocenters. The zero-order chi connectivity index (χ0) is 91.7. The summed E-state index contributed by atoms with van der Waals surface area (Å²) in [6, 6.07) is 15.9. The van der Waals surface area contributed by atoms with Gasteiger partial charge in [-0.05, 0) is 208 Å². The van der Waals surface area contributed by atoms with Crippen molar-refractivity contribution in [3.05, 3.63) is 208 Å². The first-order valence-electron chi connectivity index (χ1n) is 41.5. The van der Waals surface area contributed by atoms with Gasteiger partial charge < -0.3 is 86.8 Å². The average Bonchev–Trinajstić information content (AvgIpc) is 1.64. The fraction of sp³-hybridized carbons (Fsp3) is 0.355. The Morgan fingerprint density at radius 3 is 1.04 bits per heavy atom. The summed E-state index contributed by atoms with van der Waals surface area (Å²) in [6.07, 6.45) is 10.2. The molecule has 33 heteroatoms. The van der Waals surface area contributed by atoms with Crippen LogP contribution in [0, 0.1) is 90.5 Å². The SMILES string of the molecule is Cc1[nH]c(/C=C2\C(=O)Nc3ccc(F)cc32)c(C)c1C(=O)NC(C)CC(=O)N(C)C.Cc1[nH]c(/C=C2\C(=O)Nc3ccc(F)cc32)c(C)c1C(=O)NC(C)CC(=O)N1CCCCC1.Cc1[nH]c(/C=C2\C(=O)Nc3ccc(F)cc32)c(C)c1C(=O)NCC(C)C(=O)N(C)C.Cc1[nH]c(/C=C2\C(=O)Nc3ccc(F)cc32)c(C)c1C(=O)NCC(C)C(=O)N1CCOCC1. The first-order chi connectivity index (χ1) is 59.7.